The molecule has 1 aromatic heterocycles. The number of piperidine rings is 1. The van der Waals surface area contributed by atoms with E-state index in [0.29, 0.717) is 12.0 Å². The zero-order valence-electron chi connectivity index (χ0n) is 20.0. The lowest BCUT2D eigenvalue weighted by atomic mass is 9.73. The molecule has 168 valence electrons. The second-order valence-electron chi connectivity index (χ2n) is 10.4. The van der Waals surface area contributed by atoms with Gasteiger partial charge in [0.2, 0.25) is 0 Å². The molecule has 2 heterocycles. The summed E-state index contributed by atoms with van der Waals surface area (Å²) in [5, 5.41) is 4.73. The normalized spacial score (nSPS) is 23.9. The Bertz CT molecular complexity index is 985. The van der Waals surface area contributed by atoms with Crippen molar-refractivity contribution in [3.8, 4) is 0 Å². The van der Waals surface area contributed by atoms with Crippen molar-refractivity contribution in [2.45, 2.75) is 64.3 Å². The Morgan fingerprint density at radius 3 is 2.71 bits per heavy atom. The molecule has 5 nitrogen and oxygen atoms in total. The highest BCUT2D eigenvalue weighted by molar-refractivity contribution is 6.81. The standard InChI is InChI=1S/C25H38N4OSi/c1-7-29(8-2)25(30)26-17-14-19-18-10-9-11-22-24(18)20(15-23(19)28(3)16-17)21(27-22)12-13-31(4,5)6/h9-13,17,19,23,27H,7-8,14-16H2,1-6H3,(H,26,30)/b13-12+/t17-,19+,23+/m0/s1. The Morgan fingerprint density at radius 2 is 2.03 bits per heavy atom. The van der Waals surface area contributed by atoms with Gasteiger partial charge in [0.1, 0.15) is 0 Å². The summed E-state index contributed by atoms with van der Waals surface area (Å²) in [6.45, 7) is 13.6. The van der Waals surface area contributed by atoms with Crippen LogP contribution in [0.15, 0.2) is 23.9 Å². The molecule has 1 aromatic carbocycles. The third kappa shape index (κ3) is 4.33. The smallest absolute Gasteiger partial charge is 0.317 e. The Balaban J connectivity index is 1.66. The molecule has 0 radical (unpaired) electrons. The summed E-state index contributed by atoms with van der Waals surface area (Å²) < 4.78 is 0. The Morgan fingerprint density at radius 1 is 1.29 bits per heavy atom. The summed E-state index contributed by atoms with van der Waals surface area (Å²) in [6, 6.07) is 7.43. The number of nitrogens with zero attached hydrogens (tertiary/aromatic N) is 2. The summed E-state index contributed by atoms with van der Waals surface area (Å²) in [5.41, 5.74) is 7.88. The number of H-pyrrole nitrogens is 1. The van der Waals surface area contributed by atoms with Gasteiger partial charge in [-0.1, -0.05) is 37.5 Å². The average Bonchev–Trinajstić information content (AvgIpc) is 3.07. The minimum absolute atomic E-state index is 0.0666. The summed E-state index contributed by atoms with van der Waals surface area (Å²) >= 11 is 0. The van der Waals surface area contributed by atoms with Gasteiger partial charge >= 0.3 is 6.03 Å². The van der Waals surface area contributed by atoms with Gasteiger partial charge in [0, 0.05) is 54.2 Å². The van der Waals surface area contributed by atoms with E-state index >= 15 is 0 Å². The molecule has 2 aliphatic rings. The van der Waals surface area contributed by atoms with Crippen LogP contribution >= 0.6 is 0 Å². The molecule has 1 fully saturated rings. The molecular weight excluding hydrogens is 400 g/mol. The van der Waals surface area contributed by atoms with Gasteiger partial charge < -0.3 is 20.1 Å². The van der Waals surface area contributed by atoms with Gasteiger partial charge in [-0.15, -0.1) is 0 Å². The number of rotatable bonds is 5. The summed E-state index contributed by atoms with van der Waals surface area (Å²) in [7, 11) is 0.961. The molecule has 31 heavy (non-hydrogen) atoms. The molecule has 2 aromatic rings. The van der Waals surface area contributed by atoms with Gasteiger partial charge in [-0.2, -0.15) is 0 Å². The molecule has 2 amide bonds. The van der Waals surface area contributed by atoms with E-state index in [4.69, 9.17) is 0 Å². The number of aromatic nitrogens is 1. The molecular formula is C25H38N4OSi. The van der Waals surface area contributed by atoms with Crippen LogP contribution in [0.5, 0.6) is 0 Å². The first-order chi connectivity index (χ1) is 14.7. The van der Waals surface area contributed by atoms with Crippen molar-refractivity contribution in [3.05, 3.63) is 40.7 Å². The SMILES string of the molecule is CCN(CC)C(=O)N[C@H]1C[C@@H]2c3cccc4[nH]c(/C=C/[Si](C)(C)C)c(c34)C[C@H]2N(C)C1. The maximum Gasteiger partial charge on any atom is 0.317 e. The number of hydrogen-bond donors (Lipinski definition) is 2. The molecule has 1 saturated heterocycles. The first-order valence-electron chi connectivity index (χ1n) is 11.8. The fraction of sp³-hybridized carbons (Fsp3) is 0.560. The zero-order valence-corrected chi connectivity index (χ0v) is 21.0. The Kier molecular flexibility index (Phi) is 6.05. The van der Waals surface area contributed by atoms with Crippen molar-refractivity contribution in [2.75, 3.05) is 26.7 Å². The van der Waals surface area contributed by atoms with Gasteiger partial charge in [0.05, 0.1) is 8.07 Å². The fourth-order valence-corrected chi connectivity index (χ4v) is 6.08. The predicted octanol–water partition coefficient (Wildman–Crippen LogP) is 4.82. The van der Waals surface area contributed by atoms with E-state index in [9.17, 15) is 4.79 Å². The highest BCUT2D eigenvalue weighted by atomic mass is 28.3. The monoisotopic (exact) mass is 438 g/mol. The highest BCUT2D eigenvalue weighted by Gasteiger charge is 2.40. The summed E-state index contributed by atoms with van der Waals surface area (Å²) in [4.78, 5) is 20.7. The molecule has 1 aliphatic heterocycles. The largest absolute Gasteiger partial charge is 0.355 e. The number of carbonyl (C=O) groups excluding carboxylic acids is 1. The maximum atomic E-state index is 12.7. The molecule has 6 heteroatoms. The van der Waals surface area contributed by atoms with Crippen LogP contribution in [0, 0.1) is 0 Å². The lowest BCUT2D eigenvalue weighted by molar-refractivity contribution is 0.124. The summed E-state index contributed by atoms with van der Waals surface area (Å²) in [5.74, 6) is 0.446. The van der Waals surface area contributed by atoms with E-state index < -0.39 is 8.07 Å². The van der Waals surface area contributed by atoms with E-state index in [1.165, 1.54) is 27.7 Å². The lowest BCUT2D eigenvalue weighted by Crippen LogP contribution is -2.56. The van der Waals surface area contributed by atoms with Crippen LogP contribution in [0.3, 0.4) is 0 Å². The van der Waals surface area contributed by atoms with E-state index in [-0.39, 0.29) is 12.1 Å². The van der Waals surface area contributed by atoms with Crippen LogP contribution in [0.25, 0.3) is 17.0 Å². The molecule has 3 atom stereocenters. The number of likely N-dealkylation sites (N-methyl/N-ethyl adjacent to an activating group) is 1. The number of likely N-dealkylation sites (tertiary alicyclic amines) is 1. The van der Waals surface area contributed by atoms with Gasteiger partial charge in [-0.25, -0.2) is 4.79 Å². The van der Waals surface area contributed by atoms with Crippen molar-refractivity contribution in [2.24, 2.45) is 0 Å². The number of nitrogens with one attached hydrogen (secondary N) is 2. The molecule has 4 rings (SSSR count). The second kappa shape index (κ2) is 8.47. The first-order valence-corrected chi connectivity index (χ1v) is 15.4. The molecule has 0 unspecified atom stereocenters. The highest BCUT2D eigenvalue weighted by Crippen LogP contribution is 2.44. The van der Waals surface area contributed by atoms with Crippen LogP contribution < -0.4 is 5.32 Å². The van der Waals surface area contributed by atoms with Gasteiger partial charge in [-0.3, -0.25) is 0 Å². The number of carbonyl (C=O) groups is 1. The quantitative estimate of drug-likeness (QED) is 0.658. The minimum Gasteiger partial charge on any atom is -0.355 e. The Hall–Kier alpha value is -2.05. The number of hydrogen-bond acceptors (Lipinski definition) is 2. The fourth-order valence-electron chi connectivity index (χ4n) is 5.41. The summed E-state index contributed by atoms with van der Waals surface area (Å²) in [6.07, 6.45) is 4.41. The van der Waals surface area contributed by atoms with Gasteiger partial charge in [-0.05, 0) is 57.0 Å². The molecule has 1 aliphatic carbocycles. The molecule has 0 saturated carbocycles. The third-order valence-electron chi connectivity index (χ3n) is 7.01. The second-order valence-corrected chi connectivity index (χ2v) is 15.4. The minimum atomic E-state index is -1.26. The van der Waals surface area contributed by atoms with Gasteiger partial charge in [0.15, 0.2) is 0 Å². The van der Waals surface area contributed by atoms with E-state index in [1.807, 2.05) is 18.7 Å². The first kappa shape index (κ1) is 22.2. The van der Waals surface area contributed by atoms with Gasteiger partial charge in [0.25, 0.3) is 0 Å². The predicted molar refractivity (Wildman–Crippen MR) is 133 cm³/mol. The van der Waals surface area contributed by atoms with E-state index in [0.717, 1.165) is 32.5 Å². The van der Waals surface area contributed by atoms with Crippen LogP contribution in [-0.4, -0.2) is 67.7 Å². The zero-order chi connectivity index (χ0) is 22.3. The van der Waals surface area contributed by atoms with Crippen molar-refractivity contribution in [1.29, 1.82) is 0 Å². The molecule has 2 N–H and O–H groups in total. The number of aromatic amines is 1. The van der Waals surface area contributed by atoms with Crippen LogP contribution in [-0.2, 0) is 6.42 Å². The van der Waals surface area contributed by atoms with Crippen molar-refractivity contribution in [3.63, 3.8) is 0 Å². The van der Waals surface area contributed by atoms with Crippen LogP contribution in [0.4, 0.5) is 4.79 Å². The molecule has 0 bridgehead atoms. The number of benzene rings is 1. The Labute approximate surface area is 187 Å². The lowest BCUT2D eigenvalue weighted by Gasteiger charge is -2.46. The average molecular weight is 439 g/mol. The number of urea groups is 1. The molecule has 0 spiro atoms. The third-order valence-corrected chi connectivity index (χ3v) is 8.18. The van der Waals surface area contributed by atoms with Crippen molar-refractivity contribution >= 4 is 31.1 Å². The van der Waals surface area contributed by atoms with Crippen LogP contribution in [0.2, 0.25) is 19.6 Å². The number of amides is 2. The maximum absolute atomic E-state index is 12.7. The topological polar surface area (TPSA) is 51.4 Å². The van der Waals surface area contributed by atoms with Crippen molar-refractivity contribution in [1.82, 2.24) is 20.1 Å². The van der Waals surface area contributed by atoms with E-state index in [2.05, 4.69) is 71.9 Å². The van der Waals surface area contributed by atoms with Crippen molar-refractivity contribution < 1.29 is 4.79 Å². The number of fused-ring (bicyclic) bond motifs is 2. The van der Waals surface area contributed by atoms with Crippen LogP contribution in [0.1, 0.15) is 43.0 Å². The van der Waals surface area contributed by atoms with E-state index in [1.54, 1.807) is 0 Å².